The van der Waals surface area contributed by atoms with Crippen LogP contribution < -0.4 is 4.90 Å². The number of rotatable bonds is 3. The van der Waals surface area contributed by atoms with E-state index in [0.717, 1.165) is 30.5 Å². The fraction of sp³-hybridized carbons (Fsp3) is 0.571. The van der Waals surface area contributed by atoms with Gasteiger partial charge in [-0.3, -0.25) is 0 Å². The fourth-order valence-electron chi connectivity index (χ4n) is 2.43. The Morgan fingerprint density at radius 1 is 1.47 bits per heavy atom. The lowest BCUT2D eigenvalue weighted by Gasteiger charge is -2.20. The molecule has 1 saturated heterocycles. The van der Waals surface area contributed by atoms with E-state index in [-0.39, 0.29) is 6.61 Å². The lowest BCUT2D eigenvalue weighted by molar-refractivity contribution is 0.282. The van der Waals surface area contributed by atoms with E-state index in [9.17, 15) is 0 Å². The summed E-state index contributed by atoms with van der Waals surface area (Å²) in [6.45, 7) is 6.81. The first-order valence-corrected chi connectivity index (χ1v) is 6.64. The van der Waals surface area contributed by atoms with Gasteiger partial charge in [0.2, 0.25) is 0 Å². The van der Waals surface area contributed by atoms with Crippen molar-refractivity contribution in [1.82, 2.24) is 0 Å². The lowest BCUT2D eigenvalue weighted by atomic mass is 9.95. The molecule has 1 atom stereocenters. The summed E-state index contributed by atoms with van der Waals surface area (Å²) in [4.78, 5) is 2.39. The van der Waals surface area contributed by atoms with Gasteiger partial charge >= 0.3 is 0 Å². The number of aliphatic hydroxyl groups excluding tert-OH is 1. The van der Waals surface area contributed by atoms with Crippen LogP contribution in [0.4, 0.5) is 5.69 Å². The molecule has 3 heteroatoms. The molecule has 1 aliphatic rings. The minimum atomic E-state index is 0.00767. The van der Waals surface area contributed by atoms with Crippen LogP contribution in [0.15, 0.2) is 18.2 Å². The van der Waals surface area contributed by atoms with Gasteiger partial charge in [0.05, 0.1) is 6.61 Å². The Kier molecular flexibility index (Phi) is 3.95. The van der Waals surface area contributed by atoms with E-state index in [1.807, 2.05) is 12.1 Å². The van der Waals surface area contributed by atoms with E-state index in [1.165, 1.54) is 12.1 Å². The van der Waals surface area contributed by atoms with E-state index in [1.54, 1.807) is 0 Å². The highest BCUT2D eigenvalue weighted by Gasteiger charge is 2.25. The van der Waals surface area contributed by atoms with Crippen LogP contribution in [-0.4, -0.2) is 18.2 Å². The van der Waals surface area contributed by atoms with Crippen molar-refractivity contribution in [2.45, 2.75) is 26.9 Å². The molecular weight excluding hydrogens is 234 g/mol. The van der Waals surface area contributed by atoms with Crippen molar-refractivity contribution in [3.05, 3.63) is 28.8 Å². The second-order valence-corrected chi connectivity index (χ2v) is 5.58. The van der Waals surface area contributed by atoms with E-state index in [4.69, 9.17) is 16.7 Å². The summed E-state index contributed by atoms with van der Waals surface area (Å²) in [5.41, 5.74) is 1.98. The van der Waals surface area contributed by atoms with Crippen LogP contribution >= 0.6 is 11.6 Å². The van der Waals surface area contributed by atoms with Crippen molar-refractivity contribution in [2.75, 3.05) is 18.0 Å². The molecule has 0 saturated carbocycles. The Morgan fingerprint density at radius 3 is 2.76 bits per heavy atom. The van der Waals surface area contributed by atoms with Gasteiger partial charge in [-0.15, -0.1) is 0 Å². The van der Waals surface area contributed by atoms with Crippen LogP contribution in [0.25, 0.3) is 0 Å². The highest BCUT2D eigenvalue weighted by atomic mass is 35.5. The third-order valence-corrected chi connectivity index (χ3v) is 4.09. The monoisotopic (exact) mass is 253 g/mol. The Bertz CT molecular complexity index is 392. The molecular formula is C14H20ClNO. The van der Waals surface area contributed by atoms with Gasteiger partial charge in [0.25, 0.3) is 0 Å². The van der Waals surface area contributed by atoms with Crippen molar-refractivity contribution < 1.29 is 5.11 Å². The molecule has 1 heterocycles. The molecule has 1 aromatic rings. The van der Waals surface area contributed by atoms with Gasteiger partial charge < -0.3 is 10.0 Å². The molecule has 0 amide bonds. The van der Waals surface area contributed by atoms with Crippen LogP contribution in [0.1, 0.15) is 25.8 Å². The quantitative estimate of drug-likeness (QED) is 0.893. The summed E-state index contributed by atoms with van der Waals surface area (Å²) in [5.74, 6) is 1.53. The minimum absolute atomic E-state index is 0.00767. The van der Waals surface area contributed by atoms with Gasteiger partial charge in [-0.25, -0.2) is 0 Å². The highest BCUT2D eigenvalue weighted by molar-refractivity contribution is 6.31. The summed E-state index contributed by atoms with van der Waals surface area (Å²) in [7, 11) is 0. The van der Waals surface area contributed by atoms with Gasteiger partial charge in [0.1, 0.15) is 0 Å². The summed E-state index contributed by atoms with van der Waals surface area (Å²) in [6.07, 6.45) is 1.26. The van der Waals surface area contributed by atoms with Gasteiger partial charge in [-0.1, -0.05) is 31.5 Å². The first-order chi connectivity index (χ1) is 8.11. The number of nitrogens with zero attached hydrogens (tertiary/aromatic N) is 1. The Hall–Kier alpha value is -0.730. The van der Waals surface area contributed by atoms with Crippen LogP contribution in [0, 0.1) is 11.8 Å². The minimum Gasteiger partial charge on any atom is -0.392 e. The predicted molar refractivity (Wildman–Crippen MR) is 72.5 cm³/mol. The number of halogens is 1. The molecule has 2 rings (SSSR count). The Balaban J connectivity index is 2.11. The van der Waals surface area contributed by atoms with Gasteiger partial charge in [0, 0.05) is 23.8 Å². The molecule has 1 aliphatic heterocycles. The van der Waals surface area contributed by atoms with E-state index >= 15 is 0 Å². The first-order valence-electron chi connectivity index (χ1n) is 6.26. The number of aliphatic hydroxyl groups is 1. The summed E-state index contributed by atoms with van der Waals surface area (Å²) in [5, 5.41) is 9.76. The summed E-state index contributed by atoms with van der Waals surface area (Å²) in [6, 6.07) is 5.94. The predicted octanol–water partition coefficient (Wildman–Crippen LogP) is 3.31. The van der Waals surface area contributed by atoms with E-state index in [0.29, 0.717) is 5.02 Å². The molecule has 1 N–H and O–H groups in total. The third-order valence-electron chi connectivity index (χ3n) is 3.74. The lowest BCUT2D eigenvalue weighted by Crippen LogP contribution is -2.21. The molecule has 17 heavy (non-hydrogen) atoms. The Labute approximate surface area is 108 Å². The smallest absolute Gasteiger partial charge is 0.0696 e. The average Bonchev–Trinajstić information content (AvgIpc) is 2.78. The summed E-state index contributed by atoms with van der Waals surface area (Å²) < 4.78 is 0. The van der Waals surface area contributed by atoms with Crippen molar-refractivity contribution in [3.8, 4) is 0 Å². The molecule has 94 valence electrons. The van der Waals surface area contributed by atoms with Crippen molar-refractivity contribution in [2.24, 2.45) is 11.8 Å². The molecule has 1 aromatic carbocycles. The van der Waals surface area contributed by atoms with Gasteiger partial charge in [-0.05, 0) is 36.0 Å². The maximum atomic E-state index is 9.09. The average molecular weight is 254 g/mol. The molecule has 2 nitrogen and oxygen atoms in total. The molecule has 1 unspecified atom stereocenters. The van der Waals surface area contributed by atoms with Gasteiger partial charge in [-0.2, -0.15) is 0 Å². The third kappa shape index (κ3) is 2.75. The van der Waals surface area contributed by atoms with Crippen molar-refractivity contribution in [3.63, 3.8) is 0 Å². The zero-order chi connectivity index (χ0) is 12.4. The molecule has 0 aromatic heterocycles. The standard InChI is InChI=1S/C14H20ClNO/c1-10(2)11-5-6-16(8-11)13-4-3-12(9-17)14(15)7-13/h3-4,7,10-11,17H,5-6,8-9H2,1-2H3. The zero-order valence-corrected chi connectivity index (χ0v) is 11.2. The van der Waals surface area contributed by atoms with Crippen molar-refractivity contribution >= 4 is 17.3 Å². The normalized spacial score (nSPS) is 20.3. The molecule has 1 fully saturated rings. The zero-order valence-electron chi connectivity index (χ0n) is 10.5. The molecule has 0 aliphatic carbocycles. The Morgan fingerprint density at radius 2 is 2.24 bits per heavy atom. The number of anilines is 1. The molecule has 0 spiro atoms. The number of hydrogen-bond donors (Lipinski definition) is 1. The fourth-order valence-corrected chi connectivity index (χ4v) is 2.66. The molecule has 0 radical (unpaired) electrons. The van der Waals surface area contributed by atoms with Crippen LogP contribution in [0.3, 0.4) is 0 Å². The summed E-state index contributed by atoms with van der Waals surface area (Å²) >= 11 is 6.12. The largest absolute Gasteiger partial charge is 0.392 e. The van der Waals surface area contributed by atoms with E-state index < -0.39 is 0 Å². The van der Waals surface area contributed by atoms with Crippen LogP contribution in [0.2, 0.25) is 5.02 Å². The van der Waals surface area contributed by atoms with Crippen LogP contribution in [-0.2, 0) is 6.61 Å². The van der Waals surface area contributed by atoms with Crippen molar-refractivity contribution in [1.29, 1.82) is 0 Å². The van der Waals surface area contributed by atoms with Gasteiger partial charge in [0.15, 0.2) is 0 Å². The SMILES string of the molecule is CC(C)C1CCN(c2ccc(CO)c(Cl)c2)C1. The highest BCUT2D eigenvalue weighted by Crippen LogP contribution is 2.30. The maximum Gasteiger partial charge on any atom is 0.0696 e. The van der Waals surface area contributed by atoms with Crippen LogP contribution in [0.5, 0.6) is 0 Å². The maximum absolute atomic E-state index is 9.09. The first kappa shape index (κ1) is 12.7. The second-order valence-electron chi connectivity index (χ2n) is 5.17. The number of benzene rings is 1. The van der Waals surface area contributed by atoms with E-state index in [2.05, 4.69) is 24.8 Å². The topological polar surface area (TPSA) is 23.5 Å². The number of hydrogen-bond acceptors (Lipinski definition) is 2. The second kappa shape index (κ2) is 5.28. The molecule has 0 bridgehead atoms.